The van der Waals surface area contributed by atoms with Gasteiger partial charge >= 0.3 is 5.97 Å². The number of carboxylic acid groups (broad SMARTS) is 1. The van der Waals surface area contributed by atoms with Crippen LogP contribution in [0.1, 0.15) is 48.3 Å². The molecule has 3 N–H and O–H groups in total. The van der Waals surface area contributed by atoms with Crippen LogP contribution in [0, 0.1) is 13.8 Å². The molecule has 0 fully saturated rings. The van der Waals surface area contributed by atoms with E-state index in [1.54, 1.807) is 0 Å². The van der Waals surface area contributed by atoms with Gasteiger partial charge in [0.25, 0.3) is 0 Å². The molecule has 0 saturated carbocycles. The van der Waals surface area contributed by atoms with Gasteiger partial charge in [-0.25, -0.2) is 19.7 Å². The predicted molar refractivity (Wildman–Crippen MR) is 160 cm³/mol. The van der Waals surface area contributed by atoms with Crippen LogP contribution in [-0.2, 0) is 31.2 Å². The van der Waals surface area contributed by atoms with Crippen LogP contribution in [-0.4, -0.2) is 77.5 Å². The number of pyridine rings is 1. The number of aromatic nitrogens is 6. The second kappa shape index (κ2) is 13.1. The molecule has 41 heavy (non-hydrogen) atoms. The largest absolute Gasteiger partial charge is 0.480 e. The van der Waals surface area contributed by atoms with E-state index in [1.165, 1.54) is 11.9 Å². The van der Waals surface area contributed by atoms with E-state index in [9.17, 15) is 9.90 Å². The Kier molecular flexibility index (Phi) is 9.13. The molecule has 0 spiro atoms. The number of aryl methyl sites for hydroxylation is 5. The molecular formula is C30H41N9O2. The van der Waals surface area contributed by atoms with Gasteiger partial charge in [-0.05, 0) is 82.7 Å². The lowest BCUT2D eigenvalue weighted by molar-refractivity contribution is -0.138. The number of rotatable bonds is 14. The number of fused-ring (bicyclic) bond motifs is 2. The average molecular weight is 560 g/mol. The molecule has 11 nitrogen and oxygen atoms in total. The van der Waals surface area contributed by atoms with E-state index in [0.717, 1.165) is 92.2 Å². The molecule has 0 aromatic carbocycles. The summed E-state index contributed by atoms with van der Waals surface area (Å²) in [6.45, 7) is 8.16. The fourth-order valence-corrected chi connectivity index (χ4v) is 5.55. The van der Waals surface area contributed by atoms with Gasteiger partial charge in [0.1, 0.15) is 29.7 Å². The van der Waals surface area contributed by atoms with Crippen molar-refractivity contribution in [2.45, 2.75) is 65.0 Å². The van der Waals surface area contributed by atoms with Gasteiger partial charge in [-0.3, -0.25) is 4.68 Å². The number of carbonyl (C=O) groups is 1. The van der Waals surface area contributed by atoms with Gasteiger partial charge in [0.05, 0.1) is 17.6 Å². The summed E-state index contributed by atoms with van der Waals surface area (Å²) < 4.78 is 3.93. The van der Waals surface area contributed by atoms with Gasteiger partial charge < -0.3 is 25.2 Å². The molecule has 4 aromatic rings. The summed E-state index contributed by atoms with van der Waals surface area (Å²) in [6, 6.07) is 7.60. The van der Waals surface area contributed by atoms with E-state index in [4.69, 9.17) is 4.98 Å². The van der Waals surface area contributed by atoms with E-state index >= 15 is 0 Å². The van der Waals surface area contributed by atoms with Crippen molar-refractivity contribution in [3.8, 4) is 0 Å². The van der Waals surface area contributed by atoms with Crippen LogP contribution in [0.15, 0.2) is 36.8 Å². The molecule has 0 bridgehead atoms. The number of nitrogens with zero attached hydrogens (tertiary/aromatic N) is 7. The molecule has 1 aliphatic heterocycles. The summed E-state index contributed by atoms with van der Waals surface area (Å²) in [5.74, 6) is 0.700. The van der Waals surface area contributed by atoms with Crippen molar-refractivity contribution in [2.75, 3.05) is 36.8 Å². The van der Waals surface area contributed by atoms with Gasteiger partial charge in [0, 0.05) is 44.3 Å². The maximum absolute atomic E-state index is 12.2. The van der Waals surface area contributed by atoms with Gasteiger partial charge in [0.2, 0.25) is 0 Å². The van der Waals surface area contributed by atoms with Crippen molar-refractivity contribution in [3.63, 3.8) is 0 Å². The quantitative estimate of drug-likeness (QED) is 0.198. The molecule has 218 valence electrons. The number of unbranched alkanes of at least 4 members (excludes halogenated alkanes) is 1. The second-order valence-electron chi connectivity index (χ2n) is 11.0. The Morgan fingerprint density at radius 3 is 2.85 bits per heavy atom. The lowest BCUT2D eigenvalue weighted by Crippen LogP contribution is -2.37. The van der Waals surface area contributed by atoms with Crippen LogP contribution < -0.4 is 10.6 Å². The van der Waals surface area contributed by atoms with Crippen molar-refractivity contribution in [2.24, 2.45) is 7.05 Å². The van der Waals surface area contributed by atoms with E-state index in [1.807, 2.05) is 35.5 Å². The first-order valence-corrected chi connectivity index (χ1v) is 14.6. The molecular weight excluding hydrogens is 518 g/mol. The van der Waals surface area contributed by atoms with Crippen molar-refractivity contribution in [1.82, 2.24) is 34.2 Å². The van der Waals surface area contributed by atoms with Crippen LogP contribution in [0.4, 0.5) is 11.6 Å². The van der Waals surface area contributed by atoms with E-state index in [-0.39, 0.29) is 0 Å². The smallest absolute Gasteiger partial charge is 0.326 e. The molecule has 11 heteroatoms. The summed E-state index contributed by atoms with van der Waals surface area (Å²) >= 11 is 0. The Hall–Kier alpha value is -3.99. The molecule has 1 aliphatic rings. The van der Waals surface area contributed by atoms with Gasteiger partial charge in [-0.15, -0.1) is 0 Å². The number of hydrogen-bond donors (Lipinski definition) is 3. The van der Waals surface area contributed by atoms with Crippen molar-refractivity contribution < 1.29 is 9.90 Å². The van der Waals surface area contributed by atoms with E-state index in [0.29, 0.717) is 18.8 Å². The molecule has 0 saturated heterocycles. The maximum Gasteiger partial charge on any atom is 0.326 e. The van der Waals surface area contributed by atoms with E-state index in [2.05, 4.69) is 55.7 Å². The zero-order chi connectivity index (χ0) is 28.8. The van der Waals surface area contributed by atoms with E-state index < -0.39 is 12.0 Å². The fourth-order valence-electron chi connectivity index (χ4n) is 5.55. The van der Waals surface area contributed by atoms with Crippen LogP contribution >= 0.6 is 0 Å². The summed E-state index contributed by atoms with van der Waals surface area (Å²) in [7, 11) is 1.91. The van der Waals surface area contributed by atoms with Crippen LogP contribution in [0.25, 0.3) is 11.0 Å². The number of aliphatic carboxylic acids is 1. The van der Waals surface area contributed by atoms with Crippen LogP contribution in [0.2, 0.25) is 0 Å². The molecule has 0 radical (unpaired) electrons. The predicted octanol–water partition coefficient (Wildman–Crippen LogP) is 3.82. The maximum atomic E-state index is 12.2. The Morgan fingerprint density at radius 1 is 1.17 bits per heavy atom. The van der Waals surface area contributed by atoms with Gasteiger partial charge in [-0.2, -0.15) is 5.10 Å². The number of nitrogens with one attached hydrogen (secondary N) is 2. The lowest BCUT2D eigenvalue weighted by Gasteiger charge is -2.25. The Balaban J connectivity index is 1.20. The zero-order valence-corrected chi connectivity index (χ0v) is 24.3. The fraction of sp³-hybridized carbons (Fsp3) is 0.500. The second-order valence-corrected chi connectivity index (χ2v) is 11.0. The first-order chi connectivity index (χ1) is 19.9. The molecule has 0 amide bonds. The third-order valence-corrected chi connectivity index (χ3v) is 7.85. The third kappa shape index (κ3) is 7.21. The minimum absolute atomic E-state index is 0.447. The Bertz CT molecular complexity index is 1480. The topological polar surface area (TPSA) is 126 Å². The monoisotopic (exact) mass is 559 g/mol. The van der Waals surface area contributed by atoms with Crippen LogP contribution in [0.5, 0.6) is 0 Å². The van der Waals surface area contributed by atoms with Gasteiger partial charge in [0.15, 0.2) is 0 Å². The van der Waals surface area contributed by atoms with Crippen LogP contribution in [0.3, 0.4) is 0 Å². The number of hydrogen-bond acceptors (Lipinski definition) is 8. The highest BCUT2D eigenvalue weighted by atomic mass is 16.4. The molecule has 1 atom stereocenters. The van der Waals surface area contributed by atoms with Crippen molar-refractivity contribution in [1.29, 1.82) is 0 Å². The minimum Gasteiger partial charge on any atom is -0.480 e. The average Bonchev–Trinajstić information content (AvgIpc) is 3.51. The highest BCUT2D eigenvalue weighted by Gasteiger charge is 2.21. The number of carboxylic acids is 1. The third-order valence-electron chi connectivity index (χ3n) is 7.85. The van der Waals surface area contributed by atoms with Gasteiger partial charge in [-0.1, -0.05) is 6.07 Å². The molecule has 0 aliphatic carbocycles. The molecule has 0 unspecified atom stereocenters. The standard InChI is InChI=1S/C30H41N9O2/c1-21-19-22(2)39(36-21)18-17-38(14-5-4-8-24-10-9-23-7-6-13-31-27(23)34-24)16-12-26(30(40)41)35-28-25-11-15-37(3)29(25)33-20-32-28/h9-11,15,19-20,26H,4-8,12-14,16-18H2,1-3H3,(H,31,34)(H,40,41)(H,32,33,35)/t26-/m0/s1. The summed E-state index contributed by atoms with van der Waals surface area (Å²) in [5.41, 5.74) is 5.34. The summed E-state index contributed by atoms with van der Waals surface area (Å²) in [5, 5.41) is 22.1. The summed E-state index contributed by atoms with van der Waals surface area (Å²) in [4.78, 5) is 28.1. The zero-order valence-electron chi connectivity index (χ0n) is 24.3. The lowest BCUT2D eigenvalue weighted by atomic mass is 10.1. The molecule has 5 heterocycles. The Labute approximate surface area is 241 Å². The highest BCUT2D eigenvalue weighted by Crippen LogP contribution is 2.22. The first kappa shape index (κ1) is 28.5. The molecule has 5 rings (SSSR count). The Morgan fingerprint density at radius 2 is 2.05 bits per heavy atom. The SMILES string of the molecule is Cc1cc(C)n(CCN(CCCCc2ccc3c(n2)NCCC3)CC[C@H](Nc2ncnc3c2ccn3C)C(=O)O)n1. The number of anilines is 2. The highest BCUT2D eigenvalue weighted by molar-refractivity contribution is 5.89. The summed E-state index contributed by atoms with van der Waals surface area (Å²) in [6.07, 6.45) is 9.04. The normalized spacial score (nSPS) is 13.8. The first-order valence-electron chi connectivity index (χ1n) is 14.6. The van der Waals surface area contributed by atoms with Crippen molar-refractivity contribution in [3.05, 3.63) is 59.4 Å². The van der Waals surface area contributed by atoms with Crippen molar-refractivity contribution >= 4 is 28.6 Å². The minimum atomic E-state index is -0.890. The molecule has 4 aromatic heterocycles.